The highest BCUT2D eigenvalue weighted by atomic mass is 19.2. The number of methoxy groups -OCH3 is 2. The van der Waals surface area contributed by atoms with E-state index < -0.39 is 17.5 Å². The Hall–Kier alpha value is -2.99. The molecule has 0 aliphatic heterocycles. The SMILES string of the molecule is C=C(/C=C(/F)C(=C)COC1CCC(c2ccc(-c3ccc(OC)cc3)c(F)c2F)CC1)OC. The van der Waals surface area contributed by atoms with Crippen LogP contribution in [0.5, 0.6) is 5.75 Å². The maximum atomic E-state index is 14.9. The molecule has 0 spiro atoms. The molecule has 1 aliphatic carbocycles. The molecule has 0 atom stereocenters. The van der Waals surface area contributed by atoms with Gasteiger partial charge in [0.1, 0.15) is 17.3 Å². The highest BCUT2D eigenvalue weighted by molar-refractivity contribution is 5.65. The van der Waals surface area contributed by atoms with Gasteiger partial charge in [-0.2, -0.15) is 0 Å². The van der Waals surface area contributed by atoms with Crippen LogP contribution in [0.15, 0.2) is 72.8 Å². The van der Waals surface area contributed by atoms with Crippen molar-refractivity contribution >= 4 is 0 Å². The van der Waals surface area contributed by atoms with E-state index in [1.54, 1.807) is 43.5 Å². The molecule has 3 rings (SSSR count). The predicted octanol–water partition coefficient (Wildman–Crippen LogP) is 7.25. The van der Waals surface area contributed by atoms with Gasteiger partial charge < -0.3 is 14.2 Å². The Morgan fingerprint density at radius 3 is 2.24 bits per heavy atom. The van der Waals surface area contributed by atoms with Crippen LogP contribution in [-0.4, -0.2) is 26.9 Å². The van der Waals surface area contributed by atoms with Crippen molar-refractivity contribution in [1.29, 1.82) is 0 Å². The van der Waals surface area contributed by atoms with Gasteiger partial charge in [-0.25, -0.2) is 13.2 Å². The molecule has 0 N–H and O–H groups in total. The third-order valence-electron chi connectivity index (χ3n) is 6.01. The molecule has 176 valence electrons. The maximum absolute atomic E-state index is 14.9. The fourth-order valence-corrected chi connectivity index (χ4v) is 4.00. The van der Waals surface area contributed by atoms with Crippen LogP contribution in [0.25, 0.3) is 11.1 Å². The predicted molar refractivity (Wildman–Crippen MR) is 124 cm³/mol. The Bertz CT molecular complexity index is 1020. The van der Waals surface area contributed by atoms with Crippen molar-refractivity contribution in [3.63, 3.8) is 0 Å². The van der Waals surface area contributed by atoms with Crippen LogP contribution in [0.4, 0.5) is 13.2 Å². The zero-order chi connectivity index (χ0) is 24.0. The monoisotopic (exact) mass is 458 g/mol. The number of hydrogen-bond donors (Lipinski definition) is 0. The van der Waals surface area contributed by atoms with E-state index in [9.17, 15) is 13.2 Å². The number of halogens is 3. The number of rotatable bonds is 9. The molecule has 1 aliphatic rings. The lowest BCUT2D eigenvalue weighted by molar-refractivity contribution is 0.0382. The van der Waals surface area contributed by atoms with Crippen molar-refractivity contribution in [2.24, 2.45) is 0 Å². The van der Waals surface area contributed by atoms with Crippen LogP contribution < -0.4 is 4.74 Å². The summed E-state index contributed by atoms with van der Waals surface area (Å²) in [5, 5.41) is 0. The van der Waals surface area contributed by atoms with Gasteiger partial charge in [0.25, 0.3) is 0 Å². The molecule has 1 saturated carbocycles. The minimum atomic E-state index is -0.841. The summed E-state index contributed by atoms with van der Waals surface area (Å²) in [6, 6.07) is 10.1. The van der Waals surface area contributed by atoms with Crippen LogP contribution in [0.1, 0.15) is 37.2 Å². The first-order valence-corrected chi connectivity index (χ1v) is 10.9. The molecule has 6 heteroatoms. The first-order valence-electron chi connectivity index (χ1n) is 10.9. The van der Waals surface area contributed by atoms with Gasteiger partial charge in [0, 0.05) is 17.2 Å². The average molecular weight is 459 g/mol. The summed E-state index contributed by atoms with van der Waals surface area (Å²) in [5.74, 6) is -1.42. The minimum absolute atomic E-state index is 0.0498. The highest BCUT2D eigenvalue weighted by Gasteiger charge is 2.27. The summed E-state index contributed by atoms with van der Waals surface area (Å²) in [7, 11) is 2.96. The summed E-state index contributed by atoms with van der Waals surface area (Å²) >= 11 is 0. The standard InChI is InChI=1S/C27H29F3O3/c1-17(25(28)15-18(2)31-3)16-33-22-11-7-20(8-12-22)24-14-13-23(26(29)27(24)30)19-5-9-21(32-4)10-6-19/h5-6,9-10,13-15,20,22H,1-2,7-8,11-12,16H2,3-4H3/b25-15+. The molecule has 2 aromatic carbocycles. The molecule has 0 saturated heterocycles. The second-order valence-corrected chi connectivity index (χ2v) is 8.11. The molecular formula is C27H29F3O3. The Morgan fingerprint density at radius 1 is 0.970 bits per heavy atom. The fraction of sp³-hybridized carbons (Fsp3) is 0.333. The van der Waals surface area contributed by atoms with E-state index in [-0.39, 0.29) is 35.5 Å². The van der Waals surface area contributed by atoms with Gasteiger partial charge in [-0.15, -0.1) is 0 Å². The van der Waals surface area contributed by atoms with Crippen molar-refractivity contribution in [1.82, 2.24) is 0 Å². The van der Waals surface area contributed by atoms with E-state index in [0.29, 0.717) is 42.6 Å². The van der Waals surface area contributed by atoms with Crippen molar-refractivity contribution in [2.45, 2.75) is 37.7 Å². The van der Waals surface area contributed by atoms with Crippen molar-refractivity contribution in [2.75, 3.05) is 20.8 Å². The Kier molecular flexibility index (Phi) is 8.39. The summed E-state index contributed by atoms with van der Waals surface area (Å²) in [6.45, 7) is 7.28. The summed E-state index contributed by atoms with van der Waals surface area (Å²) < 4.78 is 59.5. The van der Waals surface area contributed by atoms with Crippen molar-refractivity contribution in [3.8, 4) is 16.9 Å². The van der Waals surface area contributed by atoms with E-state index >= 15 is 0 Å². The quantitative estimate of drug-likeness (QED) is 0.293. The lowest BCUT2D eigenvalue weighted by Crippen LogP contribution is -2.22. The van der Waals surface area contributed by atoms with Gasteiger partial charge in [0.2, 0.25) is 0 Å². The minimum Gasteiger partial charge on any atom is -0.497 e. The molecule has 1 fully saturated rings. The van der Waals surface area contributed by atoms with Crippen molar-refractivity contribution < 1.29 is 27.4 Å². The van der Waals surface area contributed by atoms with E-state index in [1.807, 2.05) is 0 Å². The smallest absolute Gasteiger partial charge is 0.166 e. The first-order chi connectivity index (χ1) is 15.8. The lowest BCUT2D eigenvalue weighted by atomic mass is 9.82. The van der Waals surface area contributed by atoms with E-state index in [0.717, 1.165) is 6.08 Å². The summed E-state index contributed by atoms with van der Waals surface area (Å²) in [5.41, 5.74) is 1.41. The largest absolute Gasteiger partial charge is 0.497 e. The zero-order valence-corrected chi connectivity index (χ0v) is 19.0. The summed E-state index contributed by atoms with van der Waals surface area (Å²) in [6.07, 6.45) is 3.76. The number of allylic oxidation sites excluding steroid dienone is 1. The van der Waals surface area contributed by atoms with Gasteiger partial charge in [-0.3, -0.25) is 0 Å². The molecule has 0 bridgehead atoms. The number of hydrogen-bond acceptors (Lipinski definition) is 3. The lowest BCUT2D eigenvalue weighted by Gasteiger charge is -2.29. The van der Waals surface area contributed by atoms with Gasteiger partial charge in [0.15, 0.2) is 11.6 Å². The Morgan fingerprint density at radius 2 is 1.64 bits per heavy atom. The van der Waals surface area contributed by atoms with Crippen molar-refractivity contribution in [3.05, 3.63) is 90.0 Å². The molecule has 0 aromatic heterocycles. The fourth-order valence-electron chi connectivity index (χ4n) is 4.00. The maximum Gasteiger partial charge on any atom is 0.166 e. The number of benzene rings is 2. The average Bonchev–Trinajstić information content (AvgIpc) is 2.84. The van der Waals surface area contributed by atoms with Crippen LogP contribution in [0.3, 0.4) is 0 Å². The third-order valence-corrected chi connectivity index (χ3v) is 6.01. The van der Waals surface area contributed by atoms with Gasteiger partial charge in [0.05, 0.1) is 26.9 Å². The van der Waals surface area contributed by atoms with E-state index in [2.05, 4.69) is 13.2 Å². The molecule has 0 heterocycles. The molecule has 0 radical (unpaired) electrons. The molecule has 33 heavy (non-hydrogen) atoms. The van der Waals surface area contributed by atoms with Gasteiger partial charge in [-0.1, -0.05) is 37.4 Å². The highest BCUT2D eigenvalue weighted by Crippen LogP contribution is 2.38. The molecular weight excluding hydrogens is 429 g/mol. The Balaban J connectivity index is 1.59. The topological polar surface area (TPSA) is 27.7 Å². The molecule has 0 amide bonds. The molecule has 3 nitrogen and oxygen atoms in total. The summed E-state index contributed by atoms with van der Waals surface area (Å²) in [4.78, 5) is 0. The van der Waals surface area contributed by atoms with E-state index in [1.165, 1.54) is 7.11 Å². The van der Waals surface area contributed by atoms with Gasteiger partial charge >= 0.3 is 0 Å². The van der Waals surface area contributed by atoms with E-state index in [4.69, 9.17) is 14.2 Å². The normalized spacial score (nSPS) is 18.6. The zero-order valence-electron chi connectivity index (χ0n) is 19.0. The first kappa shape index (κ1) is 24.6. The van der Waals surface area contributed by atoms with Crippen LogP contribution in [-0.2, 0) is 9.47 Å². The molecule has 2 aromatic rings. The molecule has 0 unspecified atom stereocenters. The third kappa shape index (κ3) is 6.08. The Labute approximate surface area is 193 Å². The van der Waals surface area contributed by atoms with Crippen LogP contribution in [0, 0.1) is 11.6 Å². The van der Waals surface area contributed by atoms with Crippen LogP contribution in [0.2, 0.25) is 0 Å². The van der Waals surface area contributed by atoms with Gasteiger partial charge in [-0.05, 0) is 54.9 Å². The second kappa shape index (κ2) is 11.2. The van der Waals surface area contributed by atoms with Crippen LogP contribution >= 0.6 is 0 Å². The number of ether oxygens (including phenoxy) is 3. The second-order valence-electron chi connectivity index (χ2n) is 8.11.